The molecule has 9 heteroatoms. The number of rotatable bonds is 13. The Kier molecular flexibility index (Phi) is 9.41. The molecule has 0 saturated carbocycles. The monoisotopic (exact) mass is 606 g/mol. The number of nitrogens with zero attached hydrogens (tertiary/aromatic N) is 3. The summed E-state index contributed by atoms with van der Waals surface area (Å²) >= 11 is 13.3. The molecule has 2 N–H and O–H groups in total. The fraction of sp³-hybridized carbons (Fsp3) is 0.333. The molecular weight excluding hydrogens is 571 g/mol. The molecule has 5 aromatic rings. The number of aromatic carboxylic acids is 1. The van der Waals surface area contributed by atoms with Crippen LogP contribution in [0.2, 0.25) is 5.02 Å². The number of fused-ring (bicyclic) bond motifs is 2. The topological polar surface area (TPSA) is 81.3 Å². The molecule has 0 saturated heterocycles. The number of halogens is 2. The van der Waals surface area contributed by atoms with Gasteiger partial charge in [-0.05, 0) is 69.3 Å². The molecule has 0 unspecified atom stereocenters. The van der Waals surface area contributed by atoms with Crippen molar-refractivity contribution in [1.29, 1.82) is 0 Å². The zero-order valence-corrected chi connectivity index (χ0v) is 25.7. The van der Waals surface area contributed by atoms with Gasteiger partial charge in [-0.25, -0.2) is 4.79 Å². The molecule has 0 aliphatic carbocycles. The summed E-state index contributed by atoms with van der Waals surface area (Å²) in [6, 6.07) is 18.0. The van der Waals surface area contributed by atoms with Gasteiger partial charge in [-0.1, -0.05) is 54.1 Å². The van der Waals surface area contributed by atoms with Crippen LogP contribution in [-0.2, 0) is 25.9 Å². The van der Waals surface area contributed by atoms with Crippen molar-refractivity contribution < 1.29 is 14.6 Å². The average molecular weight is 608 g/mol. The molecule has 0 aliphatic heterocycles. The van der Waals surface area contributed by atoms with E-state index < -0.39 is 5.97 Å². The number of hydrogen-bond donors (Lipinski definition) is 2. The number of aryl methyl sites for hydroxylation is 3. The minimum atomic E-state index is -0.952. The number of carboxylic acids is 1. The Morgan fingerprint density at radius 3 is 2.57 bits per heavy atom. The fourth-order valence-corrected chi connectivity index (χ4v) is 6.31. The first kappa shape index (κ1) is 30.0. The average Bonchev–Trinajstić information content (AvgIpc) is 3.46. The molecule has 0 aliphatic rings. The van der Waals surface area contributed by atoms with Crippen LogP contribution in [0, 0.1) is 6.92 Å². The highest BCUT2D eigenvalue weighted by Crippen LogP contribution is 2.42. The summed E-state index contributed by atoms with van der Waals surface area (Å²) in [5.41, 5.74) is 5.19. The van der Waals surface area contributed by atoms with Crippen molar-refractivity contribution in [2.24, 2.45) is 7.05 Å². The number of benzene rings is 3. The zero-order valence-electron chi connectivity index (χ0n) is 24.2. The highest BCUT2D eigenvalue weighted by Gasteiger charge is 2.28. The van der Waals surface area contributed by atoms with Gasteiger partial charge < -0.3 is 19.7 Å². The smallest absolute Gasteiger partial charge is 0.352 e. The number of alkyl halides is 1. The van der Waals surface area contributed by atoms with Crippen LogP contribution in [0.3, 0.4) is 0 Å². The van der Waals surface area contributed by atoms with Gasteiger partial charge in [0.05, 0.1) is 28.7 Å². The Morgan fingerprint density at radius 2 is 1.81 bits per heavy atom. The number of nitrogens with one attached hydrogen (secondary N) is 1. The van der Waals surface area contributed by atoms with Crippen molar-refractivity contribution >= 4 is 50.8 Å². The number of carboxylic acid groups (broad SMARTS) is 1. The lowest BCUT2D eigenvalue weighted by Gasteiger charge is -2.14. The van der Waals surface area contributed by atoms with Gasteiger partial charge in [0, 0.05) is 41.2 Å². The molecule has 0 spiro atoms. The predicted molar refractivity (Wildman–Crippen MR) is 171 cm³/mol. The lowest BCUT2D eigenvalue weighted by Crippen LogP contribution is -2.13. The lowest BCUT2D eigenvalue weighted by molar-refractivity contribution is 0.0684. The second kappa shape index (κ2) is 13.2. The minimum absolute atomic E-state index is 0.219. The SMILES string of the molecule is CNCCCCn1c(C(=O)O)c(CCCOc2cccc3ccccc23)c2ccc(Cl)c(-c3c(CCl)nn(C)c3C)c21. The maximum absolute atomic E-state index is 12.9. The number of aromatic nitrogens is 3. The molecule has 7 nitrogen and oxygen atoms in total. The van der Waals surface area contributed by atoms with Crippen LogP contribution in [0.4, 0.5) is 0 Å². The van der Waals surface area contributed by atoms with Crippen molar-refractivity contribution in [3.05, 3.63) is 82.3 Å². The van der Waals surface area contributed by atoms with Gasteiger partial charge in [0.2, 0.25) is 0 Å². The van der Waals surface area contributed by atoms with Crippen LogP contribution in [0.25, 0.3) is 32.8 Å². The van der Waals surface area contributed by atoms with Crippen molar-refractivity contribution in [2.45, 2.75) is 45.0 Å². The summed E-state index contributed by atoms with van der Waals surface area (Å²) < 4.78 is 9.95. The van der Waals surface area contributed by atoms with Crippen LogP contribution >= 0.6 is 23.2 Å². The van der Waals surface area contributed by atoms with Crippen molar-refractivity contribution in [3.63, 3.8) is 0 Å². The largest absolute Gasteiger partial charge is 0.493 e. The first-order valence-corrected chi connectivity index (χ1v) is 15.2. The third-order valence-corrected chi connectivity index (χ3v) is 8.47. The quantitative estimate of drug-likeness (QED) is 0.106. The number of hydrogen-bond acceptors (Lipinski definition) is 4. The van der Waals surface area contributed by atoms with E-state index in [9.17, 15) is 9.90 Å². The highest BCUT2D eigenvalue weighted by atomic mass is 35.5. The predicted octanol–water partition coefficient (Wildman–Crippen LogP) is 7.61. The molecule has 2 heterocycles. The number of unbranched alkanes of at least 4 members (excludes halogenated alkanes) is 1. The molecule has 0 amide bonds. The summed E-state index contributed by atoms with van der Waals surface area (Å²) in [4.78, 5) is 12.9. The van der Waals surface area contributed by atoms with Crippen LogP contribution in [0.15, 0.2) is 54.6 Å². The van der Waals surface area contributed by atoms with E-state index >= 15 is 0 Å². The van der Waals surface area contributed by atoms with Crippen LogP contribution in [-0.4, -0.2) is 45.6 Å². The van der Waals surface area contributed by atoms with E-state index in [1.807, 2.05) is 62.0 Å². The molecule has 3 aromatic carbocycles. The van der Waals surface area contributed by atoms with Gasteiger partial charge in [-0.3, -0.25) is 4.68 Å². The number of carbonyl (C=O) groups is 1. The summed E-state index contributed by atoms with van der Waals surface area (Å²) in [6.45, 7) is 3.85. The maximum atomic E-state index is 12.9. The van der Waals surface area contributed by atoms with E-state index in [-0.39, 0.29) is 5.88 Å². The van der Waals surface area contributed by atoms with Crippen LogP contribution in [0.1, 0.15) is 46.7 Å². The fourth-order valence-electron chi connectivity index (χ4n) is 5.87. The molecular formula is C33H36Cl2N4O3. The molecule has 2 aromatic heterocycles. The van der Waals surface area contributed by atoms with Crippen molar-refractivity contribution in [1.82, 2.24) is 19.7 Å². The second-order valence-electron chi connectivity index (χ2n) is 10.5. The van der Waals surface area contributed by atoms with Gasteiger partial charge >= 0.3 is 5.97 Å². The first-order chi connectivity index (χ1) is 20.4. The molecule has 0 atom stereocenters. The Hall–Kier alpha value is -3.52. The van der Waals surface area contributed by atoms with E-state index in [0.29, 0.717) is 36.7 Å². The standard InChI is InChI=1S/C33H36Cl2N4O3/c1-21-29(27(20-34)37-38(21)3)30-26(35)16-15-25-24(32(33(40)41)39(31(25)30)18-7-6-17-36-2)13-9-19-42-28-14-8-11-22-10-4-5-12-23(22)28/h4-5,8,10-12,14-16,36H,6-7,9,13,17-20H2,1-3H3,(H,40,41). The molecule has 42 heavy (non-hydrogen) atoms. The van der Waals surface area contributed by atoms with E-state index in [4.69, 9.17) is 27.9 Å². The van der Waals surface area contributed by atoms with Crippen LogP contribution < -0.4 is 10.1 Å². The summed E-state index contributed by atoms with van der Waals surface area (Å²) in [6.07, 6.45) is 2.92. The van der Waals surface area contributed by atoms with E-state index in [0.717, 1.165) is 74.9 Å². The first-order valence-electron chi connectivity index (χ1n) is 14.3. The Labute approximate surface area is 256 Å². The zero-order chi connectivity index (χ0) is 29.8. The third-order valence-electron chi connectivity index (χ3n) is 7.90. The van der Waals surface area contributed by atoms with E-state index in [1.165, 1.54) is 0 Å². The Bertz CT molecular complexity index is 1740. The number of ether oxygens (including phenoxy) is 1. The van der Waals surface area contributed by atoms with Gasteiger partial charge in [0.15, 0.2) is 0 Å². The van der Waals surface area contributed by atoms with Gasteiger partial charge in [-0.2, -0.15) is 5.10 Å². The molecule has 0 radical (unpaired) electrons. The van der Waals surface area contributed by atoms with Crippen LogP contribution in [0.5, 0.6) is 5.75 Å². The van der Waals surface area contributed by atoms with Gasteiger partial charge in [-0.15, -0.1) is 11.6 Å². The second-order valence-corrected chi connectivity index (χ2v) is 11.2. The molecule has 0 fully saturated rings. The molecule has 0 bridgehead atoms. The van der Waals surface area contributed by atoms with Gasteiger partial charge in [0.25, 0.3) is 0 Å². The maximum Gasteiger partial charge on any atom is 0.352 e. The Balaban J connectivity index is 1.57. The molecule has 5 rings (SSSR count). The van der Waals surface area contributed by atoms with Crippen molar-refractivity contribution in [3.8, 4) is 16.9 Å². The van der Waals surface area contributed by atoms with Gasteiger partial charge in [0.1, 0.15) is 11.4 Å². The summed E-state index contributed by atoms with van der Waals surface area (Å²) in [5, 5.41) is 22.0. The van der Waals surface area contributed by atoms with E-state index in [2.05, 4.69) is 28.6 Å². The lowest BCUT2D eigenvalue weighted by atomic mass is 9.98. The normalized spacial score (nSPS) is 11.5. The van der Waals surface area contributed by atoms with Crippen molar-refractivity contribution in [2.75, 3.05) is 20.2 Å². The van der Waals surface area contributed by atoms with E-state index in [1.54, 1.807) is 4.68 Å². The summed E-state index contributed by atoms with van der Waals surface area (Å²) in [7, 11) is 3.80. The molecule has 220 valence electrons. The summed E-state index contributed by atoms with van der Waals surface area (Å²) in [5.74, 6) is 0.0945. The highest BCUT2D eigenvalue weighted by molar-refractivity contribution is 6.35. The third kappa shape index (κ3) is 5.74. The Morgan fingerprint density at radius 1 is 1.02 bits per heavy atom. The minimum Gasteiger partial charge on any atom is -0.493 e.